The largest absolute Gasteiger partial charge is 0.478 e. The predicted octanol–water partition coefficient (Wildman–Crippen LogP) is 11.8. The second-order valence-corrected chi connectivity index (χ2v) is 24.6. The van der Waals surface area contributed by atoms with Gasteiger partial charge in [0.05, 0.1) is 45.2 Å². The van der Waals surface area contributed by atoms with E-state index in [1.54, 1.807) is 13.0 Å². The smallest absolute Gasteiger partial charge is 0.335 e. The molecule has 0 bridgehead atoms. The molecule has 0 radical (unpaired) electrons. The summed E-state index contributed by atoms with van der Waals surface area (Å²) in [6.45, 7) is 31.0. The molecule has 7 aromatic rings. The Hall–Kier alpha value is -8.60. The summed E-state index contributed by atoms with van der Waals surface area (Å²) in [5, 5.41) is 23.3. The molecule has 10 rings (SSSR count). The molecule has 0 aliphatic carbocycles. The number of aryl methyl sites for hydroxylation is 6. The Labute approximate surface area is 589 Å². The molecular formula is C76H94N12O6S3. The average molecular weight is 1370 g/mol. The summed E-state index contributed by atoms with van der Waals surface area (Å²) in [6, 6.07) is 36.8. The summed E-state index contributed by atoms with van der Waals surface area (Å²) >= 11 is 15.8. The fraction of sp³-hybridized carbons (Fsp3) is 0.368. The minimum absolute atomic E-state index is 0. The van der Waals surface area contributed by atoms with E-state index in [2.05, 4.69) is 162 Å². The van der Waals surface area contributed by atoms with E-state index in [9.17, 15) is 9.59 Å². The normalized spacial score (nSPS) is 13.5. The number of aromatic carboxylic acids is 1. The van der Waals surface area contributed by atoms with Gasteiger partial charge in [0.25, 0.3) is 5.91 Å². The van der Waals surface area contributed by atoms with Gasteiger partial charge in [-0.25, -0.2) is 10.6 Å². The third-order valence-corrected chi connectivity index (χ3v) is 17.1. The quantitative estimate of drug-likeness (QED) is 0.0208. The summed E-state index contributed by atoms with van der Waals surface area (Å²) in [5.74, 6) is 22.8. The third kappa shape index (κ3) is 24.5. The molecule has 3 aliphatic rings. The van der Waals surface area contributed by atoms with Crippen molar-refractivity contribution < 1.29 is 28.9 Å². The van der Waals surface area contributed by atoms with Gasteiger partial charge in [0.15, 0.2) is 20.8 Å². The first kappa shape index (κ1) is 77.4. The highest BCUT2D eigenvalue weighted by Gasteiger charge is 2.19. The zero-order chi connectivity index (χ0) is 68.9. The van der Waals surface area contributed by atoms with Crippen molar-refractivity contribution in [1.82, 2.24) is 45.7 Å². The average Bonchev–Trinajstić information content (AvgIpc) is 1.74. The minimum Gasteiger partial charge on any atom is -0.478 e. The van der Waals surface area contributed by atoms with Crippen LogP contribution in [0.15, 0.2) is 109 Å². The van der Waals surface area contributed by atoms with Crippen LogP contribution in [-0.4, -0.2) is 136 Å². The molecule has 0 unspecified atom stereocenters. The van der Waals surface area contributed by atoms with Crippen molar-refractivity contribution in [2.45, 2.75) is 109 Å². The maximum Gasteiger partial charge on any atom is 0.335 e. The lowest BCUT2D eigenvalue weighted by Gasteiger charge is -2.26. The van der Waals surface area contributed by atoms with Crippen molar-refractivity contribution in [3.8, 4) is 52.6 Å². The molecule has 0 saturated carbocycles. The molecule has 4 heterocycles. The van der Waals surface area contributed by atoms with E-state index in [4.69, 9.17) is 61.8 Å². The Morgan fingerprint density at radius 1 is 0.536 bits per heavy atom. The number of nitrogens with one attached hydrogen (secondary N) is 6. The third-order valence-electron chi connectivity index (χ3n) is 16.4. The number of carboxylic acids is 1. The lowest BCUT2D eigenvalue weighted by molar-refractivity contribution is 0.0341. The van der Waals surface area contributed by atoms with Gasteiger partial charge in [-0.1, -0.05) is 79.8 Å². The van der Waals surface area contributed by atoms with Gasteiger partial charge in [-0.05, 0) is 220 Å². The van der Waals surface area contributed by atoms with Crippen LogP contribution in [0.4, 0.5) is 11.4 Å². The number of hydrazine groups is 2. The van der Waals surface area contributed by atoms with Crippen molar-refractivity contribution in [3.05, 3.63) is 192 Å². The Morgan fingerprint density at radius 3 is 1.33 bits per heavy atom. The highest BCUT2D eigenvalue weighted by Crippen LogP contribution is 2.29. The molecule has 6 aromatic carbocycles. The molecule has 1 aromatic heterocycles. The van der Waals surface area contributed by atoms with Crippen LogP contribution in [0.1, 0.15) is 116 Å². The molecule has 3 saturated heterocycles. The number of amides is 1. The van der Waals surface area contributed by atoms with Gasteiger partial charge in [0, 0.05) is 106 Å². The number of carbonyl (C=O) groups is 2. The topological polar surface area (TPSA) is 212 Å². The number of nitrogens with zero attached hydrogens (tertiary/aromatic N) is 5. The monoisotopic (exact) mass is 1370 g/mol. The number of aromatic nitrogens is 3. The van der Waals surface area contributed by atoms with Gasteiger partial charge >= 0.3 is 5.97 Å². The van der Waals surface area contributed by atoms with Crippen molar-refractivity contribution >= 4 is 70.1 Å². The summed E-state index contributed by atoms with van der Waals surface area (Å²) in [6.07, 6.45) is 1.97. The number of hydrogen-bond acceptors (Lipinski definition) is 13. The Morgan fingerprint density at radius 2 is 0.918 bits per heavy atom. The van der Waals surface area contributed by atoms with E-state index in [0.717, 1.165) is 167 Å². The number of morpholine rings is 3. The fourth-order valence-corrected chi connectivity index (χ4v) is 11.5. The molecule has 3 fully saturated rings. The molecule has 512 valence electrons. The number of rotatable bonds is 15. The summed E-state index contributed by atoms with van der Waals surface area (Å²) in [5.41, 5.74) is 26.1. The Balaban J connectivity index is 0.000000213. The second-order valence-electron chi connectivity index (χ2n) is 23.4. The second kappa shape index (κ2) is 40.2. The van der Waals surface area contributed by atoms with Crippen LogP contribution in [0.5, 0.6) is 0 Å². The highest BCUT2D eigenvalue weighted by molar-refractivity contribution is 7.80. The van der Waals surface area contributed by atoms with Crippen LogP contribution < -0.4 is 32.8 Å². The van der Waals surface area contributed by atoms with E-state index < -0.39 is 5.97 Å². The lowest BCUT2D eigenvalue weighted by Crippen LogP contribution is -2.44. The van der Waals surface area contributed by atoms with E-state index in [-0.39, 0.29) is 13.3 Å². The molecule has 0 atom stereocenters. The van der Waals surface area contributed by atoms with Gasteiger partial charge in [-0.3, -0.25) is 40.0 Å². The summed E-state index contributed by atoms with van der Waals surface area (Å²) in [7, 11) is 0. The number of nitrogens with two attached hydrogens (primary N) is 1. The standard InChI is InChI=1S/C25H30N4O2S.C25H28N4OS.C13H14O2.C12H18N4OS.CH4/c1-4-5-6-21-16-23(19(3)15-18(21)2)24(30)27-28-25(32)26-22-9-7-20(8-10-22)17-29-11-13-31-14-12-29;1-4-5-6-21-16-23(19(3)15-18(21)2)24-26-27-25(31)29(24)22-9-7-20(8-10-22)17-28-11-13-30-14-12-28;1-4-5-6-11-8-12(13(14)15)10(3)7-9(11)2;13-15-12(18)14-11-3-1-10(2-4-11)9-16-5-7-17-8-6-16;/h7-10,15-16H,6,11-14,17H2,1-3H3,(H,27,30)(H2,26,28,32);7-10,15-16H,6,11-14,17H2,1-3H3,(H,27,31);7-8H,6H2,1-3H3,(H,14,15);1-4H,5-9,13H2,(H2,14,15,18);1H4. The molecule has 1 amide bonds. The van der Waals surface area contributed by atoms with E-state index >= 15 is 0 Å². The number of hydrogen-bond donors (Lipinski definition) is 8. The first-order valence-corrected chi connectivity index (χ1v) is 33.3. The van der Waals surface area contributed by atoms with E-state index in [1.807, 2.05) is 88.6 Å². The van der Waals surface area contributed by atoms with Crippen LogP contribution in [0, 0.1) is 81.8 Å². The lowest BCUT2D eigenvalue weighted by atomic mass is 9.97. The number of aromatic amines is 1. The molecule has 9 N–H and O–H groups in total. The van der Waals surface area contributed by atoms with Crippen molar-refractivity contribution in [2.24, 2.45) is 5.84 Å². The number of carbonyl (C=O) groups excluding carboxylic acids is 1. The van der Waals surface area contributed by atoms with Crippen molar-refractivity contribution in [2.75, 3.05) is 89.5 Å². The Kier molecular flexibility index (Phi) is 32.1. The molecule has 3 aliphatic heterocycles. The van der Waals surface area contributed by atoms with Crippen LogP contribution in [0.2, 0.25) is 0 Å². The molecule has 18 nitrogen and oxygen atoms in total. The van der Waals surface area contributed by atoms with Crippen LogP contribution in [0.25, 0.3) is 17.1 Å². The van der Waals surface area contributed by atoms with Gasteiger partial charge in [-0.15, -0.1) is 17.8 Å². The first-order valence-electron chi connectivity index (χ1n) is 32.1. The number of benzene rings is 6. The predicted molar refractivity (Wildman–Crippen MR) is 402 cm³/mol. The number of thiocarbonyl (C=S) groups is 2. The minimum atomic E-state index is -0.877. The summed E-state index contributed by atoms with van der Waals surface area (Å²) < 4.78 is 18.8. The first-order chi connectivity index (χ1) is 46.4. The number of H-pyrrole nitrogens is 1. The van der Waals surface area contributed by atoms with E-state index in [0.29, 0.717) is 39.0 Å². The maximum absolute atomic E-state index is 12.7. The van der Waals surface area contributed by atoms with Crippen molar-refractivity contribution in [3.63, 3.8) is 0 Å². The molecule has 21 heteroatoms. The summed E-state index contributed by atoms with van der Waals surface area (Å²) in [4.78, 5) is 30.8. The molecule has 97 heavy (non-hydrogen) atoms. The number of ether oxygens (including phenoxy) is 3. The zero-order valence-electron chi connectivity index (χ0n) is 56.6. The number of anilines is 2. The van der Waals surface area contributed by atoms with Crippen molar-refractivity contribution in [1.29, 1.82) is 0 Å². The van der Waals surface area contributed by atoms with E-state index in [1.165, 1.54) is 33.4 Å². The van der Waals surface area contributed by atoms with Crippen LogP contribution in [-0.2, 0) is 53.1 Å². The van der Waals surface area contributed by atoms with Crippen LogP contribution >= 0.6 is 36.7 Å². The van der Waals surface area contributed by atoms with Gasteiger partial charge < -0.3 is 35.4 Å². The fourth-order valence-electron chi connectivity index (χ4n) is 10.9. The zero-order valence-corrected chi connectivity index (χ0v) is 59.1. The van der Waals surface area contributed by atoms with Crippen LogP contribution in [0.3, 0.4) is 0 Å². The Bertz CT molecular complexity index is 4030. The van der Waals surface area contributed by atoms with Gasteiger partial charge in [-0.2, -0.15) is 5.10 Å². The molecule has 0 spiro atoms. The number of carboxylic acid groups (broad SMARTS) is 1. The highest BCUT2D eigenvalue weighted by atomic mass is 32.1. The maximum atomic E-state index is 12.7. The van der Waals surface area contributed by atoms with Gasteiger partial charge in [0.2, 0.25) is 0 Å². The SMILES string of the molecule is C.CC#CCc1cc(-c2n[nH]c(=S)n2-c2ccc(CN3CCOCC3)cc2)c(C)cc1C.CC#CCc1cc(C(=O)NNC(=S)Nc2ccc(CN3CCOCC3)cc2)c(C)cc1C.CC#CCc1cc(C(=O)O)c(C)cc1C.NNC(=S)Nc1ccc(CN2CCOCC2)cc1. The van der Waals surface area contributed by atoms with Gasteiger partial charge in [0.1, 0.15) is 0 Å². The molecular weight excluding hydrogens is 1270 g/mol.